The van der Waals surface area contributed by atoms with Crippen molar-refractivity contribution in [1.82, 2.24) is 0 Å². The molecule has 8 nitrogen and oxygen atoms in total. The van der Waals surface area contributed by atoms with Crippen molar-refractivity contribution in [1.29, 1.82) is 0 Å². The molecule has 10 heteroatoms. The summed E-state index contributed by atoms with van der Waals surface area (Å²) >= 11 is 0. The fourth-order valence-corrected chi connectivity index (χ4v) is 0. The van der Waals surface area contributed by atoms with Gasteiger partial charge in [0, 0.05) is 0 Å². The molecular formula is C2H6Ca2O8. The van der Waals surface area contributed by atoms with Crippen LogP contribution >= 0.6 is 0 Å². The topological polar surface area (TPSA) is 193 Å². The van der Waals surface area contributed by atoms with Crippen LogP contribution in [0.25, 0.3) is 0 Å². The monoisotopic (exact) mass is 238 g/mol. The molecule has 0 atom stereocenters. The normalized spacial score (nSPS) is 1.67. The molecule has 0 saturated carbocycles. The maximum absolute atomic E-state index is 8.24. The fourth-order valence-electron chi connectivity index (χ4n) is 0. The number of hydrogen-bond acceptors (Lipinski definition) is 6. The third-order valence-electron chi connectivity index (χ3n) is 0. The van der Waals surface area contributed by atoms with Gasteiger partial charge >= 0.3 is 81.6 Å². The van der Waals surface area contributed by atoms with Gasteiger partial charge in [-0.1, -0.05) is 6.47 Å². The second-order valence-corrected chi connectivity index (χ2v) is 0.175. The smallest absolute Gasteiger partial charge is 0.870 e. The Balaban J connectivity index is -0.00000000296. The predicted molar refractivity (Wildman–Crippen MR) is 34.3 cm³/mol. The minimum Gasteiger partial charge on any atom is -0.870 e. The predicted octanol–water partition coefficient (Wildman–Crippen LogP) is -3.09. The zero-order valence-corrected chi connectivity index (χ0v) is 10.3. The van der Waals surface area contributed by atoms with Gasteiger partial charge in [-0.3, -0.25) is 0 Å². The Morgan fingerprint density at radius 1 is 1.00 bits per heavy atom. The molecule has 0 aromatic rings. The van der Waals surface area contributed by atoms with Crippen LogP contribution in [0.4, 0.5) is 0 Å². The summed E-state index contributed by atoms with van der Waals surface area (Å²) < 4.78 is 0. The van der Waals surface area contributed by atoms with E-state index in [4.69, 9.17) is 19.5 Å². The number of carbonyl (C=O) groups excluding carboxylic acids is 2. The van der Waals surface area contributed by atoms with Crippen LogP contribution < -0.4 is 0 Å². The van der Waals surface area contributed by atoms with Gasteiger partial charge in [0.1, 0.15) is 0 Å². The molecule has 0 saturated heterocycles. The van der Waals surface area contributed by atoms with E-state index in [0.717, 1.165) is 0 Å². The molecule has 0 spiro atoms. The van der Waals surface area contributed by atoms with E-state index < -0.39 is 0 Å². The van der Waals surface area contributed by atoms with Crippen molar-refractivity contribution in [3.8, 4) is 0 Å². The van der Waals surface area contributed by atoms with E-state index in [2.05, 4.69) is 0 Å². The maximum atomic E-state index is 8.24. The summed E-state index contributed by atoms with van der Waals surface area (Å²) in [5.74, 6) is 0. The van der Waals surface area contributed by atoms with Gasteiger partial charge in [-0.05, 0) is 0 Å². The fraction of sp³-hybridized carbons (Fsp3) is 0. The summed E-state index contributed by atoms with van der Waals surface area (Å²) in [4.78, 5) is 24.5. The molecule has 0 aliphatic carbocycles. The van der Waals surface area contributed by atoms with Gasteiger partial charge < -0.3 is 31.8 Å². The summed E-state index contributed by atoms with van der Waals surface area (Å²) in [6, 6.07) is 0. The van der Waals surface area contributed by atoms with Crippen LogP contribution in [0.1, 0.15) is 0 Å². The van der Waals surface area contributed by atoms with Gasteiger partial charge in [0.2, 0.25) is 0 Å². The molecule has 0 radical (unpaired) electrons. The summed E-state index contributed by atoms with van der Waals surface area (Å²) in [7, 11) is 0. The van der Waals surface area contributed by atoms with E-state index in [0.29, 0.717) is 6.47 Å². The Labute approximate surface area is 128 Å². The van der Waals surface area contributed by atoms with Crippen molar-refractivity contribution in [3.63, 3.8) is 0 Å². The van der Waals surface area contributed by atoms with Gasteiger partial charge in [0.15, 0.2) is 0 Å². The van der Waals surface area contributed by atoms with Crippen LogP contribution in [0.2, 0.25) is 0 Å². The standard InChI is InChI=1S/CHO2.CO2.2Ca.4H2O/c2*2-1-3;;;;;;/h(H,2,3);;;;4*1H2/q-1;;2*+2;;;;/p-3. The molecule has 0 aromatic carbocycles. The van der Waals surface area contributed by atoms with Crippen LogP contribution in [0.15, 0.2) is 0 Å². The molecule has 0 unspecified atom stereocenters. The Morgan fingerprint density at radius 2 is 1.00 bits per heavy atom. The zero-order valence-electron chi connectivity index (χ0n) is 5.93. The van der Waals surface area contributed by atoms with Gasteiger partial charge in [-0.25, -0.2) is 0 Å². The van der Waals surface area contributed by atoms with Crippen molar-refractivity contribution in [2.45, 2.75) is 0 Å². The van der Waals surface area contributed by atoms with E-state index in [1.165, 1.54) is 0 Å². The molecular weight excluding hydrogens is 232 g/mol. The molecule has 0 aliphatic rings. The second kappa shape index (κ2) is 149. The van der Waals surface area contributed by atoms with E-state index in [9.17, 15) is 0 Å². The first-order valence-electron chi connectivity index (χ1n) is 0.836. The number of aliphatic hydroxyl groups excluding tert-OH is 1. The quantitative estimate of drug-likeness (QED) is 0.341. The minimum absolute atomic E-state index is 0. The first-order chi connectivity index (χ1) is 2.83. The van der Waals surface area contributed by atoms with E-state index in [1.54, 1.807) is 0 Å². The van der Waals surface area contributed by atoms with E-state index in [-0.39, 0.29) is 104 Å². The van der Waals surface area contributed by atoms with Crippen molar-refractivity contribution < 1.29 is 41.4 Å². The molecule has 0 aliphatic heterocycles. The Bertz CT molecular complexity index is 60.1. The first-order valence-corrected chi connectivity index (χ1v) is 0.836. The Hall–Kier alpha value is 1.21. The van der Waals surface area contributed by atoms with Crippen LogP contribution in [0, 0.1) is 0 Å². The molecule has 0 bridgehead atoms. The second-order valence-electron chi connectivity index (χ2n) is 0.175. The molecule has 66 valence electrons. The van der Waals surface area contributed by atoms with Gasteiger partial charge in [-0.2, -0.15) is 9.59 Å². The van der Waals surface area contributed by atoms with Gasteiger partial charge in [0.25, 0.3) is 0 Å². The van der Waals surface area contributed by atoms with Gasteiger partial charge in [0.05, 0.1) is 0 Å². The molecule has 0 fully saturated rings. The van der Waals surface area contributed by atoms with Crippen LogP contribution in [-0.4, -0.2) is 115 Å². The summed E-state index contributed by atoms with van der Waals surface area (Å²) in [5.41, 5.74) is 0. The Kier molecular flexibility index (Phi) is 901. The average Bonchev–Trinajstić information content (AvgIpc) is 1.39. The Morgan fingerprint density at radius 3 is 1.00 bits per heavy atom. The van der Waals surface area contributed by atoms with E-state index >= 15 is 0 Å². The van der Waals surface area contributed by atoms with Crippen molar-refractivity contribution in [3.05, 3.63) is 0 Å². The SMILES string of the molecule is O.O=C=O.O=[C-]O.[Ca+2].[Ca+2].[OH-].[OH-].[OH-]. The van der Waals surface area contributed by atoms with Crippen LogP contribution in [0.3, 0.4) is 0 Å². The molecule has 0 rings (SSSR count). The maximum Gasteiger partial charge on any atom is 2.00 e. The molecule has 12 heavy (non-hydrogen) atoms. The number of hydrogen-bond donors (Lipinski definition) is 1. The number of rotatable bonds is 0. The summed E-state index contributed by atoms with van der Waals surface area (Å²) in [6.07, 6.45) is 0.250. The minimum atomic E-state index is 0. The molecule has 6 N–H and O–H groups in total. The van der Waals surface area contributed by atoms with Gasteiger partial charge in [-0.15, -0.1) is 0 Å². The van der Waals surface area contributed by atoms with Crippen molar-refractivity contribution >= 4 is 88.1 Å². The third kappa shape index (κ3) is 799. The third-order valence-corrected chi connectivity index (χ3v) is 0. The van der Waals surface area contributed by atoms with Crippen LogP contribution in [-0.2, 0) is 14.4 Å². The van der Waals surface area contributed by atoms with Crippen LogP contribution in [0.5, 0.6) is 0 Å². The zero-order chi connectivity index (χ0) is 5.41. The van der Waals surface area contributed by atoms with E-state index in [1.807, 2.05) is 0 Å². The largest absolute Gasteiger partial charge is 2.00 e. The van der Waals surface area contributed by atoms with Crippen molar-refractivity contribution in [2.24, 2.45) is 0 Å². The summed E-state index contributed by atoms with van der Waals surface area (Å²) in [5, 5.41) is 6.76. The molecule has 0 amide bonds. The molecule has 0 aromatic heterocycles. The first kappa shape index (κ1) is 72.6. The summed E-state index contributed by atoms with van der Waals surface area (Å²) in [6.45, 7) is 0.500. The molecule has 0 heterocycles. The van der Waals surface area contributed by atoms with Crippen molar-refractivity contribution in [2.75, 3.05) is 0 Å². The average molecular weight is 238 g/mol.